The lowest BCUT2D eigenvalue weighted by atomic mass is 10.1. The Morgan fingerprint density at radius 2 is 1.68 bits per heavy atom. The summed E-state index contributed by atoms with van der Waals surface area (Å²) >= 11 is 0. The van der Waals surface area contributed by atoms with E-state index in [0.29, 0.717) is 34.0 Å². The van der Waals surface area contributed by atoms with Gasteiger partial charge >= 0.3 is 5.97 Å². The van der Waals surface area contributed by atoms with Crippen LogP contribution in [-0.2, 0) is 0 Å². The minimum Gasteiger partial charge on any atom is -0.494 e. The molecule has 0 atom stereocenters. The zero-order valence-electron chi connectivity index (χ0n) is 16.4. The maximum absolute atomic E-state index is 11.8. The number of carboxylic acids is 1. The van der Waals surface area contributed by atoms with Crippen molar-refractivity contribution in [1.29, 1.82) is 0 Å². The fraction of sp³-hybridized carbons (Fsp3) is 0.0435. The van der Waals surface area contributed by atoms with Gasteiger partial charge in [0.2, 0.25) is 0 Å². The van der Waals surface area contributed by atoms with Crippen molar-refractivity contribution in [1.82, 2.24) is 20.2 Å². The highest BCUT2D eigenvalue weighted by molar-refractivity contribution is 5.96. The molecule has 0 saturated carbocycles. The van der Waals surface area contributed by atoms with Crippen molar-refractivity contribution >= 4 is 16.9 Å². The Morgan fingerprint density at radius 3 is 2.32 bits per heavy atom. The summed E-state index contributed by atoms with van der Waals surface area (Å²) in [6, 6.07) is 22.3. The van der Waals surface area contributed by atoms with Gasteiger partial charge in [0.25, 0.3) is 0 Å². The molecule has 0 aliphatic rings. The average Bonchev–Trinajstić information content (AvgIpc) is 3.43. The minimum atomic E-state index is -1.17. The highest BCUT2D eigenvalue weighted by Gasteiger charge is 2.24. The van der Waals surface area contributed by atoms with Crippen molar-refractivity contribution < 1.29 is 19.2 Å². The number of nitrogens with zero attached hydrogens (tertiary/aromatic N) is 4. The predicted octanol–water partition coefficient (Wildman–Crippen LogP) is 4.45. The molecule has 0 unspecified atom stereocenters. The standard InChI is InChI=1S/C23H16N4O4/c1-30-19-13-17-16(22(31-25-17)15-10-6-3-7-11-15)12-18(19)27-21(14-8-4-2-5-9-14)20(23(28)29)24-26-27/h2-13H,1H3,(H,28,29). The zero-order valence-corrected chi connectivity index (χ0v) is 16.4. The van der Waals surface area contributed by atoms with E-state index < -0.39 is 5.97 Å². The van der Waals surface area contributed by atoms with Crippen LogP contribution in [0.25, 0.3) is 39.2 Å². The number of methoxy groups -OCH3 is 1. The van der Waals surface area contributed by atoms with E-state index in [1.54, 1.807) is 18.2 Å². The number of carbonyl (C=O) groups is 1. The summed E-state index contributed by atoms with van der Waals surface area (Å²) in [6.07, 6.45) is 0. The van der Waals surface area contributed by atoms with Crippen LogP contribution in [0.15, 0.2) is 77.3 Å². The lowest BCUT2D eigenvalue weighted by molar-refractivity contribution is 0.0691. The van der Waals surface area contributed by atoms with Crippen molar-refractivity contribution in [2.75, 3.05) is 7.11 Å². The number of rotatable bonds is 5. The fourth-order valence-electron chi connectivity index (χ4n) is 3.54. The lowest BCUT2D eigenvalue weighted by Gasteiger charge is -2.12. The number of hydrogen-bond donors (Lipinski definition) is 1. The molecule has 31 heavy (non-hydrogen) atoms. The van der Waals surface area contributed by atoms with Crippen molar-refractivity contribution in [3.05, 3.63) is 78.5 Å². The molecule has 0 spiro atoms. The van der Waals surface area contributed by atoms with Crippen molar-refractivity contribution in [2.24, 2.45) is 0 Å². The maximum Gasteiger partial charge on any atom is 0.358 e. The molecule has 0 saturated heterocycles. The average molecular weight is 412 g/mol. The van der Waals surface area contributed by atoms with Crippen LogP contribution in [0.4, 0.5) is 0 Å². The molecular formula is C23H16N4O4. The van der Waals surface area contributed by atoms with Crippen LogP contribution in [0.2, 0.25) is 0 Å². The van der Waals surface area contributed by atoms with Gasteiger partial charge < -0.3 is 14.4 Å². The summed E-state index contributed by atoms with van der Waals surface area (Å²) in [5, 5.41) is 22.6. The molecule has 0 aliphatic carbocycles. The first-order chi connectivity index (χ1) is 15.2. The molecule has 8 nitrogen and oxygen atoms in total. The third-order valence-electron chi connectivity index (χ3n) is 4.96. The van der Waals surface area contributed by atoms with E-state index in [1.807, 2.05) is 54.6 Å². The van der Waals surface area contributed by atoms with Gasteiger partial charge in [0.15, 0.2) is 11.5 Å². The molecule has 0 bridgehead atoms. The summed E-state index contributed by atoms with van der Waals surface area (Å²) in [5.74, 6) is -0.112. The Morgan fingerprint density at radius 1 is 1.00 bits per heavy atom. The van der Waals surface area contributed by atoms with Crippen LogP contribution in [0, 0.1) is 0 Å². The molecule has 5 rings (SSSR count). The van der Waals surface area contributed by atoms with Crippen LogP contribution in [0.1, 0.15) is 10.5 Å². The number of fused-ring (bicyclic) bond motifs is 1. The molecule has 3 aromatic carbocycles. The largest absolute Gasteiger partial charge is 0.494 e. The lowest BCUT2D eigenvalue weighted by Crippen LogP contribution is -2.05. The van der Waals surface area contributed by atoms with Crippen molar-refractivity contribution in [2.45, 2.75) is 0 Å². The third-order valence-corrected chi connectivity index (χ3v) is 4.96. The third kappa shape index (κ3) is 3.10. The van der Waals surface area contributed by atoms with E-state index in [9.17, 15) is 9.90 Å². The molecule has 8 heteroatoms. The second-order valence-electron chi connectivity index (χ2n) is 6.79. The number of benzene rings is 3. The SMILES string of the molecule is COc1cc2noc(-c3ccccc3)c2cc1-n1nnc(C(=O)O)c1-c1ccccc1. The molecule has 0 fully saturated rings. The first kappa shape index (κ1) is 18.6. The molecular weight excluding hydrogens is 396 g/mol. The zero-order chi connectivity index (χ0) is 21.4. The predicted molar refractivity (Wildman–Crippen MR) is 113 cm³/mol. The van der Waals surface area contributed by atoms with Crippen molar-refractivity contribution in [3.8, 4) is 34.0 Å². The van der Waals surface area contributed by atoms with Crippen LogP contribution in [0.3, 0.4) is 0 Å². The molecule has 2 aromatic heterocycles. The van der Waals surface area contributed by atoms with E-state index in [2.05, 4.69) is 15.5 Å². The van der Waals surface area contributed by atoms with Crippen molar-refractivity contribution in [3.63, 3.8) is 0 Å². The monoisotopic (exact) mass is 412 g/mol. The molecule has 1 N–H and O–H groups in total. The highest BCUT2D eigenvalue weighted by atomic mass is 16.5. The van der Waals surface area contributed by atoms with Gasteiger partial charge in [0.05, 0.1) is 12.5 Å². The number of ether oxygens (including phenoxy) is 1. The minimum absolute atomic E-state index is 0.151. The number of carboxylic acid groups (broad SMARTS) is 1. The quantitative estimate of drug-likeness (QED) is 0.455. The highest BCUT2D eigenvalue weighted by Crippen LogP contribution is 2.36. The first-order valence-corrected chi connectivity index (χ1v) is 9.45. The second kappa shape index (κ2) is 7.42. The summed E-state index contributed by atoms with van der Waals surface area (Å²) in [5.41, 5.74) is 2.87. The molecule has 5 aromatic rings. The van der Waals surface area contributed by atoms with E-state index in [4.69, 9.17) is 9.26 Å². The Bertz CT molecular complexity index is 1390. The molecule has 2 heterocycles. The van der Waals surface area contributed by atoms with Gasteiger partial charge in [-0.25, -0.2) is 9.48 Å². The second-order valence-corrected chi connectivity index (χ2v) is 6.79. The van der Waals surface area contributed by atoms with Gasteiger partial charge in [-0.1, -0.05) is 71.0 Å². The van der Waals surface area contributed by atoms with Gasteiger partial charge in [0, 0.05) is 17.2 Å². The van der Waals surface area contributed by atoms with E-state index >= 15 is 0 Å². The Kier molecular flexibility index (Phi) is 4.44. The Hall–Kier alpha value is -4.46. The Labute approximate surface area is 176 Å². The normalized spacial score (nSPS) is 11.0. The fourth-order valence-corrected chi connectivity index (χ4v) is 3.54. The summed E-state index contributed by atoms with van der Waals surface area (Å²) < 4.78 is 12.6. The van der Waals surface area contributed by atoms with Crippen LogP contribution in [-0.4, -0.2) is 38.3 Å². The molecule has 0 amide bonds. The number of aromatic carboxylic acids is 1. The smallest absolute Gasteiger partial charge is 0.358 e. The first-order valence-electron chi connectivity index (χ1n) is 9.45. The molecule has 0 aliphatic heterocycles. The Balaban J connectivity index is 1.79. The van der Waals surface area contributed by atoms with E-state index in [0.717, 1.165) is 10.9 Å². The van der Waals surface area contributed by atoms with E-state index in [-0.39, 0.29) is 5.69 Å². The van der Waals surface area contributed by atoms with Gasteiger partial charge in [-0.2, -0.15) is 0 Å². The summed E-state index contributed by atoms with van der Waals surface area (Å²) in [6.45, 7) is 0. The summed E-state index contributed by atoms with van der Waals surface area (Å²) in [7, 11) is 1.53. The van der Waals surface area contributed by atoms with Gasteiger partial charge in [0.1, 0.15) is 22.6 Å². The van der Waals surface area contributed by atoms with Crippen LogP contribution < -0.4 is 4.74 Å². The van der Waals surface area contributed by atoms with Gasteiger partial charge in [-0.05, 0) is 6.07 Å². The van der Waals surface area contributed by atoms with Crippen LogP contribution >= 0.6 is 0 Å². The van der Waals surface area contributed by atoms with Gasteiger partial charge in [-0.3, -0.25) is 0 Å². The topological polar surface area (TPSA) is 103 Å². The molecule has 0 radical (unpaired) electrons. The van der Waals surface area contributed by atoms with Crippen LogP contribution in [0.5, 0.6) is 5.75 Å². The van der Waals surface area contributed by atoms with E-state index in [1.165, 1.54) is 11.8 Å². The summed E-state index contributed by atoms with van der Waals surface area (Å²) in [4.78, 5) is 11.8. The van der Waals surface area contributed by atoms with Gasteiger partial charge in [-0.15, -0.1) is 5.10 Å². The molecule has 152 valence electrons. The number of hydrogen-bond acceptors (Lipinski definition) is 6. The maximum atomic E-state index is 11.8. The number of aromatic nitrogens is 4.